The predicted octanol–water partition coefficient (Wildman–Crippen LogP) is 4.10. The molecule has 3 nitrogen and oxygen atoms in total. The van der Waals surface area contributed by atoms with Crippen molar-refractivity contribution in [2.45, 2.75) is 6.42 Å². The first-order chi connectivity index (χ1) is 9.69. The SMILES string of the molecule is N#Cc1c(Cc2ccccc2)nc2c(Cl)cc(Cl)cn12. The molecule has 0 atom stereocenters. The molecule has 98 valence electrons. The molecule has 3 rings (SSSR count). The largest absolute Gasteiger partial charge is 0.288 e. The Labute approximate surface area is 126 Å². The van der Waals surface area contributed by atoms with E-state index in [2.05, 4.69) is 11.1 Å². The number of imidazole rings is 1. The molecular weight excluding hydrogens is 293 g/mol. The van der Waals surface area contributed by atoms with Crippen molar-refractivity contribution in [3.63, 3.8) is 0 Å². The van der Waals surface area contributed by atoms with Gasteiger partial charge in [-0.25, -0.2) is 4.98 Å². The first-order valence-corrected chi connectivity index (χ1v) is 6.74. The number of aromatic nitrogens is 2. The number of halogens is 2. The number of nitrogens with zero attached hydrogens (tertiary/aromatic N) is 3. The van der Waals surface area contributed by atoms with Gasteiger partial charge in [0.25, 0.3) is 0 Å². The standard InChI is InChI=1S/C15H9Cl2N3/c16-11-7-12(17)15-19-13(14(8-18)20(15)9-11)6-10-4-2-1-3-5-10/h1-5,7,9H,6H2. The molecule has 0 amide bonds. The van der Waals surface area contributed by atoms with Crippen molar-refractivity contribution < 1.29 is 0 Å². The number of fused-ring (bicyclic) bond motifs is 1. The molecule has 0 saturated heterocycles. The summed E-state index contributed by atoms with van der Waals surface area (Å²) in [5.74, 6) is 0. The van der Waals surface area contributed by atoms with Crippen LogP contribution >= 0.6 is 23.2 Å². The summed E-state index contributed by atoms with van der Waals surface area (Å²) in [6.45, 7) is 0. The van der Waals surface area contributed by atoms with Crippen LogP contribution in [0.3, 0.4) is 0 Å². The number of hydrogen-bond acceptors (Lipinski definition) is 2. The zero-order valence-electron chi connectivity index (χ0n) is 10.3. The lowest BCUT2D eigenvalue weighted by atomic mass is 10.1. The molecule has 0 radical (unpaired) electrons. The normalized spacial score (nSPS) is 10.7. The third-order valence-electron chi connectivity index (χ3n) is 3.03. The van der Waals surface area contributed by atoms with Crippen molar-refractivity contribution in [1.82, 2.24) is 9.38 Å². The van der Waals surface area contributed by atoms with Crippen LogP contribution in [-0.4, -0.2) is 9.38 Å². The van der Waals surface area contributed by atoms with Crippen LogP contribution in [0.15, 0.2) is 42.6 Å². The second-order valence-corrected chi connectivity index (χ2v) is 5.22. The lowest BCUT2D eigenvalue weighted by Gasteiger charge is -1.99. The average molecular weight is 302 g/mol. The molecule has 0 unspecified atom stereocenters. The highest BCUT2D eigenvalue weighted by atomic mass is 35.5. The van der Waals surface area contributed by atoms with Crippen molar-refractivity contribution in [3.8, 4) is 6.07 Å². The predicted molar refractivity (Wildman–Crippen MR) is 79.2 cm³/mol. The lowest BCUT2D eigenvalue weighted by molar-refractivity contribution is 1.09. The highest BCUT2D eigenvalue weighted by molar-refractivity contribution is 6.36. The van der Waals surface area contributed by atoms with Crippen molar-refractivity contribution >= 4 is 28.8 Å². The van der Waals surface area contributed by atoms with Crippen molar-refractivity contribution in [3.05, 3.63) is 69.6 Å². The molecule has 0 N–H and O–H groups in total. The summed E-state index contributed by atoms with van der Waals surface area (Å²) >= 11 is 12.1. The lowest BCUT2D eigenvalue weighted by Crippen LogP contribution is -1.93. The molecule has 3 aromatic rings. The molecule has 0 aliphatic heterocycles. The molecule has 20 heavy (non-hydrogen) atoms. The summed E-state index contributed by atoms with van der Waals surface area (Å²) in [5.41, 5.74) is 2.81. The Hall–Kier alpha value is -2.02. The Balaban J connectivity index is 2.17. The maximum Gasteiger partial charge on any atom is 0.157 e. The third kappa shape index (κ3) is 2.24. The minimum atomic E-state index is 0.438. The molecule has 0 fully saturated rings. The van der Waals surface area contributed by atoms with Crippen molar-refractivity contribution in [1.29, 1.82) is 5.26 Å². The van der Waals surface area contributed by atoms with E-state index >= 15 is 0 Å². The first-order valence-electron chi connectivity index (χ1n) is 5.99. The fourth-order valence-electron chi connectivity index (χ4n) is 2.15. The number of benzene rings is 1. The van der Waals surface area contributed by atoms with Gasteiger partial charge >= 0.3 is 0 Å². The molecule has 2 heterocycles. The number of rotatable bonds is 2. The summed E-state index contributed by atoms with van der Waals surface area (Å²) in [6, 6.07) is 13.7. The van der Waals surface area contributed by atoms with E-state index in [9.17, 15) is 5.26 Å². The second kappa shape index (κ2) is 5.16. The maximum absolute atomic E-state index is 9.37. The highest BCUT2D eigenvalue weighted by Gasteiger charge is 2.15. The van der Waals surface area contributed by atoms with Gasteiger partial charge < -0.3 is 0 Å². The van der Waals surface area contributed by atoms with Gasteiger partial charge in [0.2, 0.25) is 0 Å². The van der Waals surface area contributed by atoms with Crippen molar-refractivity contribution in [2.75, 3.05) is 0 Å². The van der Waals surface area contributed by atoms with Crippen LogP contribution in [0.2, 0.25) is 10.0 Å². The highest BCUT2D eigenvalue weighted by Crippen LogP contribution is 2.25. The maximum atomic E-state index is 9.37. The summed E-state index contributed by atoms with van der Waals surface area (Å²) in [6.07, 6.45) is 2.24. The van der Waals surface area contributed by atoms with E-state index in [0.717, 1.165) is 5.56 Å². The van der Waals surface area contributed by atoms with Crippen LogP contribution in [0, 0.1) is 11.3 Å². The minimum Gasteiger partial charge on any atom is -0.288 e. The summed E-state index contributed by atoms with van der Waals surface area (Å²) < 4.78 is 1.64. The molecule has 0 spiro atoms. The Bertz CT molecular complexity index is 816. The molecule has 0 aliphatic rings. The first kappa shape index (κ1) is 13.0. The molecule has 0 saturated carbocycles. The molecular formula is C15H9Cl2N3. The van der Waals surface area contributed by atoms with Crippen LogP contribution in [0.5, 0.6) is 0 Å². The van der Waals surface area contributed by atoms with Gasteiger partial charge in [0.05, 0.1) is 15.7 Å². The van der Waals surface area contributed by atoms with Crippen LogP contribution in [0.25, 0.3) is 5.65 Å². The second-order valence-electron chi connectivity index (χ2n) is 4.38. The van der Waals surface area contributed by atoms with E-state index in [4.69, 9.17) is 23.2 Å². The Morgan fingerprint density at radius 3 is 2.65 bits per heavy atom. The fraction of sp³-hybridized carbons (Fsp3) is 0.0667. The van der Waals surface area contributed by atoms with Crippen LogP contribution in [0.4, 0.5) is 0 Å². The zero-order valence-corrected chi connectivity index (χ0v) is 11.9. The quantitative estimate of drug-likeness (QED) is 0.715. The van der Waals surface area contributed by atoms with Gasteiger partial charge in [0.15, 0.2) is 5.65 Å². The van der Waals surface area contributed by atoms with Gasteiger partial charge in [-0.15, -0.1) is 0 Å². The van der Waals surface area contributed by atoms with E-state index in [1.165, 1.54) is 0 Å². The van der Waals surface area contributed by atoms with Gasteiger partial charge in [0.1, 0.15) is 11.8 Å². The average Bonchev–Trinajstić information content (AvgIpc) is 2.77. The van der Waals surface area contributed by atoms with Gasteiger partial charge in [0, 0.05) is 12.6 Å². The van der Waals surface area contributed by atoms with E-state index in [1.54, 1.807) is 16.7 Å². The number of nitriles is 1. The summed E-state index contributed by atoms with van der Waals surface area (Å²) in [5, 5.41) is 10.3. The Morgan fingerprint density at radius 2 is 1.95 bits per heavy atom. The van der Waals surface area contributed by atoms with E-state index < -0.39 is 0 Å². The summed E-state index contributed by atoms with van der Waals surface area (Å²) in [7, 11) is 0. The van der Waals surface area contributed by atoms with Gasteiger partial charge in [-0.05, 0) is 11.6 Å². The van der Waals surface area contributed by atoms with Gasteiger partial charge in [-0.3, -0.25) is 4.40 Å². The monoisotopic (exact) mass is 301 g/mol. The molecule has 5 heteroatoms. The minimum absolute atomic E-state index is 0.438. The Morgan fingerprint density at radius 1 is 1.20 bits per heavy atom. The topological polar surface area (TPSA) is 41.1 Å². The molecule has 1 aromatic carbocycles. The molecule has 0 bridgehead atoms. The summed E-state index contributed by atoms with van der Waals surface area (Å²) in [4.78, 5) is 4.47. The zero-order chi connectivity index (χ0) is 14.1. The van der Waals surface area contributed by atoms with Crippen molar-refractivity contribution in [2.24, 2.45) is 0 Å². The van der Waals surface area contributed by atoms with Gasteiger partial charge in [-0.2, -0.15) is 5.26 Å². The van der Waals surface area contributed by atoms with E-state index in [0.29, 0.717) is 33.5 Å². The Kier molecular flexibility index (Phi) is 3.35. The number of pyridine rings is 1. The van der Waals surface area contributed by atoms with E-state index in [-0.39, 0.29) is 0 Å². The van der Waals surface area contributed by atoms with Crippen LogP contribution in [-0.2, 0) is 6.42 Å². The molecule has 2 aromatic heterocycles. The smallest absolute Gasteiger partial charge is 0.157 e. The van der Waals surface area contributed by atoms with Crippen LogP contribution in [0.1, 0.15) is 17.0 Å². The fourth-order valence-corrected chi connectivity index (χ4v) is 2.66. The van der Waals surface area contributed by atoms with Crippen LogP contribution < -0.4 is 0 Å². The molecule has 0 aliphatic carbocycles. The number of hydrogen-bond donors (Lipinski definition) is 0. The van der Waals surface area contributed by atoms with Gasteiger partial charge in [-0.1, -0.05) is 53.5 Å². The third-order valence-corrected chi connectivity index (χ3v) is 3.52. The van der Waals surface area contributed by atoms with E-state index in [1.807, 2.05) is 30.3 Å².